The van der Waals surface area contributed by atoms with Crippen LogP contribution in [-0.4, -0.2) is 59.2 Å². The summed E-state index contributed by atoms with van der Waals surface area (Å²) in [5.74, 6) is -0.162. The minimum absolute atomic E-state index is 0.0621. The van der Waals surface area contributed by atoms with Gasteiger partial charge in [-0.3, -0.25) is 9.78 Å². The van der Waals surface area contributed by atoms with Crippen LogP contribution in [0.1, 0.15) is 31.4 Å². The molecule has 1 fully saturated rings. The van der Waals surface area contributed by atoms with Gasteiger partial charge in [0, 0.05) is 31.9 Å². The first-order valence-electron chi connectivity index (χ1n) is 8.42. The van der Waals surface area contributed by atoms with Crippen molar-refractivity contribution in [2.75, 3.05) is 20.1 Å². The van der Waals surface area contributed by atoms with Crippen molar-refractivity contribution in [2.45, 2.75) is 44.2 Å². The molecule has 132 valence electrons. The van der Waals surface area contributed by atoms with E-state index in [9.17, 15) is 14.7 Å². The smallest absolute Gasteiger partial charge is 0.315 e. The molecule has 7 nitrogen and oxygen atoms in total. The van der Waals surface area contributed by atoms with E-state index in [1.54, 1.807) is 18.1 Å². The minimum Gasteiger partial charge on any atom is -0.391 e. The van der Waals surface area contributed by atoms with E-state index < -0.39 is 12.1 Å². The van der Waals surface area contributed by atoms with E-state index in [1.807, 2.05) is 18.2 Å². The number of carbonyl (C=O) groups excluding carboxylic acids is 2. The number of nitrogens with one attached hydrogen (secondary N) is 2. The number of hydrogen-bond donors (Lipinski definition) is 3. The zero-order valence-corrected chi connectivity index (χ0v) is 14.1. The first kappa shape index (κ1) is 18.2. The fourth-order valence-electron chi connectivity index (χ4n) is 2.74. The monoisotopic (exact) mass is 334 g/mol. The average molecular weight is 334 g/mol. The van der Waals surface area contributed by atoms with E-state index in [1.165, 1.54) is 0 Å². The van der Waals surface area contributed by atoms with E-state index in [2.05, 4.69) is 15.6 Å². The number of urea groups is 1. The zero-order valence-electron chi connectivity index (χ0n) is 14.1. The summed E-state index contributed by atoms with van der Waals surface area (Å²) in [7, 11) is 1.70. The van der Waals surface area contributed by atoms with E-state index in [-0.39, 0.29) is 18.5 Å². The topological polar surface area (TPSA) is 94.6 Å². The molecule has 0 aromatic carbocycles. The van der Waals surface area contributed by atoms with Crippen molar-refractivity contribution in [3.05, 3.63) is 30.1 Å². The largest absolute Gasteiger partial charge is 0.391 e. The number of hydrogen-bond acceptors (Lipinski definition) is 4. The van der Waals surface area contributed by atoms with Crippen molar-refractivity contribution in [3.63, 3.8) is 0 Å². The number of aromatic nitrogens is 1. The first-order valence-corrected chi connectivity index (χ1v) is 8.42. The number of rotatable bonds is 6. The molecule has 1 aromatic rings. The Labute approximate surface area is 142 Å². The molecule has 1 aliphatic rings. The molecule has 2 unspecified atom stereocenters. The lowest BCUT2D eigenvalue weighted by Crippen LogP contribution is -2.50. The summed E-state index contributed by atoms with van der Waals surface area (Å²) in [6.07, 6.45) is 5.36. The van der Waals surface area contributed by atoms with Crippen LogP contribution >= 0.6 is 0 Å². The van der Waals surface area contributed by atoms with Gasteiger partial charge in [-0.25, -0.2) is 4.79 Å². The molecule has 7 heteroatoms. The van der Waals surface area contributed by atoms with Gasteiger partial charge in [0.05, 0.1) is 18.7 Å². The van der Waals surface area contributed by atoms with Crippen molar-refractivity contribution in [2.24, 2.45) is 0 Å². The normalized spacial score (nSPS) is 20.2. The van der Waals surface area contributed by atoms with Gasteiger partial charge in [-0.15, -0.1) is 0 Å². The van der Waals surface area contributed by atoms with E-state index in [4.69, 9.17) is 0 Å². The van der Waals surface area contributed by atoms with Gasteiger partial charge in [-0.05, 0) is 25.0 Å². The van der Waals surface area contributed by atoms with Crippen LogP contribution in [0.15, 0.2) is 24.4 Å². The average Bonchev–Trinajstić information content (AvgIpc) is 2.60. The molecule has 1 heterocycles. The van der Waals surface area contributed by atoms with Crippen molar-refractivity contribution in [1.82, 2.24) is 20.5 Å². The highest BCUT2D eigenvalue weighted by Crippen LogP contribution is 2.18. The second-order valence-corrected chi connectivity index (χ2v) is 6.17. The van der Waals surface area contributed by atoms with Gasteiger partial charge in [0.15, 0.2) is 0 Å². The van der Waals surface area contributed by atoms with Crippen LogP contribution in [0.4, 0.5) is 4.79 Å². The molecule has 0 radical (unpaired) electrons. The number of nitrogens with zero attached hydrogens (tertiary/aromatic N) is 2. The molecule has 3 amide bonds. The highest BCUT2D eigenvalue weighted by Gasteiger charge is 2.24. The van der Waals surface area contributed by atoms with Gasteiger partial charge in [-0.1, -0.05) is 18.9 Å². The van der Waals surface area contributed by atoms with Crippen LogP contribution in [0.3, 0.4) is 0 Å². The molecule has 1 aromatic heterocycles. The molecule has 3 N–H and O–H groups in total. The Morgan fingerprint density at radius 1 is 1.33 bits per heavy atom. The molecule has 1 aliphatic carbocycles. The Kier molecular flexibility index (Phi) is 6.99. The Morgan fingerprint density at radius 2 is 2.12 bits per heavy atom. The molecule has 0 aliphatic heterocycles. The van der Waals surface area contributed by atoms with Gasteiger partial charge in [0.1, 0.15) is 0 Å². The van der Waals surface area contributed by atoms with Crippen molar-refractivity contribution < 1.29 is 14.7 Å². The molecule has 2 atom stereocenters. The van der Waals surface area contributed by atoms with Gasteiger partial charge >= 0.3 is 6.03 Å². The third-order valence-electron chi connectivity index (χ3n) is 4.30. The number of likely N-dealkylation sites (N-methyl/N-ethyl adjacent to an activating group) is 1. The van der Waals surface area contributed by atoms with Crippen LogP contribution < -0.4 is 10.6 Å². The van der Waals surface area contributed by atoms with Crippen LogP contribution in [0.5, 0.6) is 0 Å². The third-order valence-corrected chi connectivity index (χ3v) is 4.30. The quantitative estimate of drug-likeness (QED) is 0.713. The van der Waals surface area contributed by atoms with E-state index in [0.29, 0.717) is 19.4 Å². The summed E-state index contributed by atoms with van der Waals surface area (Å²) in [6.45, 7) is 0.480. The molecule has 0 spiro atoms. The highest BCUT2D eigenvalue weighted by atomic mass is 16.3. The summed E-state index contributed by atoms with van der Waals surface area (Å²) >= 11 is 0. The standard InChI is InChI=1S/C17H26N4O3/c1-21(11-9-13-6-4-5-10-18-13)16(23)12-19-17(24)20-14-7-2-3-8-15(14)22/h4-6,10,14-15,22H,2-3,7-9,11-12H2,1H3,(H2,19,20,24). The number of aliphatic hydroxyl groups excluding tert-OH is 1. The van der Waals surface area contributed by atoms with E-state index >= 15 is 0 Å². The van der Waals surface area contributed by atoms with Gasteiger partial charge < -0.3 is 20.6 Å². The maximum atomic E-state index is 12.0. The van der Waals surface area contributed by atoms with Gasteiger partial charge in [0.25, 0.3) is 0 Å². The van der Waals surface area contributed by atoms with Crippen molar-refractivity contribution >= 4 is 11.9 Å². The van der Waals surface area contributed by atoms with Crippen LogP contribution in [0.2, 0.25) is 0 Å². The van der Waals surface area contributed by atoms with Gasteiger partial charge in [0.2, 0.25) is 5.91 Å². The number of aliphatic hydroxyl groups is 1. The van der Waals surface area contributed by atoms with Gasteiger partial charge in [-0.2, -0.15) is 0 Å². The molecule has 0 bridgehead atoms. The number of carbonyl (C=O) groups is 2. The predicted octanol–water partition coefficient (Wildman–Crippen LogP) is 0.685. The van der Waals surface area contributed by atoms with Crippen molar-refractivity contribution in [3.8, 4) is 0 Å². The lowest BCUT2D eigenvalue weighted by atomic mass is 9.93. The van der Waals surface area contributed by atoms with Crippen molar-refractivity contribution in [1.29, 1.82) is 0 Å². The number of pyridine rings is 1. The summed E-state index contributed by atoms with van der Waals surface area (Å²) in [4.78, 5) is 29.7. The lowest BCUT2D eigenvalue weighted by Gasteiger charge is -2.28. The molecular formula is C17H26N4O3. The maximum absolute atomic E-state index is 12.0. The highest BCUT2D eigenvalue weighted by molar-refractivity contribution is 5.83. The Balaban J connectivity index is 1.66. The predicted molar refractivity (Wildman–Crippen MR) is 90.4 cm³/mol. The third kappa shape index (κ3) is 5.81. The Morgan fingerprint density at radius 3 is 2.83 bits per heavy atom. The second-order valence-electron chi connectivity index (χ2n) is 6.17. The molecule has 24 heavy (non-hydrogen) atoms. The summed E-state index contributed by atoms with van der Waals surface area (Å²) < 4.78 is 0. The van der Waals surface area contributed by atoms with Crippen LogP contribution in [0, 0.1) is 0 Å². The van der Waals surface area contributed by atoms with Crippen LogP contribution in [-0.2, 0) is 11.2 Å². The Hall–Kier alpha value is -2.15. The lowest BCUT2D eigenvalue weighted by molar-refractivity contribution is -0.128. The summed E-state index contributed by atoms with van der Waals surface area (Å²) in [6, 6.07) is 5.04. The summed E-state index contributed by atoms with van der Waals surface area (Å²) in [5.41, 5.74) is 0.925. The fraction of sp³-hybridized carbons (Fsp3) is 0.588. The zero-order chi connectivity index (χ0) is 17.4. The fourth-order valence-corrected chi connectivity index (χ4v) is 2.74. The molecule has 0 saturated heterocycles. The maximum Gasteiger partial charge on any atom is 0.315 e. The number of amides is 3. The molecular weight excluding hydrogens is 308 g/mol. The molecule has 2 rings (SSSR count). The SMILES string of the molecule is CN(CCc1ccccn1)C(=O)CNC(=O)NC1CCCCC1O. The molecule has 1 saturated carbocycles. The van der Waals surface area contributed by atoms with Crippen LogP contribution in [0.25, 0.3) is 0 Å². The minimum atomic E-state index is -0.499. The Bertz CT molecular complexity index is 538. The second kappa shape index (κ2) is 9.22. The first-order chi connectivity index (χ1) is 11.6. The van der Waals surface area contributed by atoms with E-state index in [0.717, 1.165) is 25.0 Å². The summed E-state index contributed by atoms with van der Waals surface area (Å²) in [5, 5.41) is 15.1.